The van der Waals surface area contributed by atoms with Crippen molar-refractivity contribution in [3.63, 3.8) is 0 Å². The topological polar surface area (TPSA) is 99.1 Å². The standard InChI is InChI=1S/C26H23ClF3N3O5/c1-36-20-9-10-22(32-23(20)14-3-7-18(28)17(27)11-14)26(33-35,25(29)30)13-31-24(34)15-4-8-19(21(12-15)37-2)38-16-5-6-16/h3-4,7-12,16,25H,5-6,13H2,1-2H3,(H,31,34). The van der Waals surface area contributed by atoms with E-state index in [9.17, 15) is 22.9 Å². The van der Waals surface area contributed by atoms with E-state index in [0.29, 0.717) is 11.5 Å². The Bertz CT molecular complexity index is 1360. The van der Waals surface area contributed by atoms with Gasteiger partial charge in [0.1, 0.15) is 17.3 Å². The van der Waals surface area contributed by atoms with Gasteiger partial charge in [0.15, 0.2) is 11.5 Å². The minimum atomic E-state index is -3.34. The van der Waals surface area contributed by atoms with Crippen LogP contribution in [0.2, 0.25) is 5.02 Å². The highest BCUT2D eigenvalue weighted by Crippen LogP contribution is 2.37. The number of ether oxygens (including phenoxy) is 3. The van der Waals surface area contributed by atoms with E-state index in [1.807, 2.05) is 0 Å². The van der Waals surface area contributed by atoms with E-state index in [0.717, 1.165) is 25.0 Å². The summed E-state index contributed by atoms with van der Waals surface area (Å²) in [6, 6.07) is 10.6. The zero-order valence-electron chi connectivity index (χ0n) is 20.3. The minimum Gasteiger partial charge on any atom is -0.494 e. The first-order valence-corrected chi connectivity index (χ1v) is 11.9. The van der Waals surface area contributed by atoms with E-state index in [1.165, 1.54) is 44.6 Å². The Morgan fingerprint density at radius 1 is 1.11 bits per heavy atom. The Morgan fingerprint density at radius 2 is 1.82 bits per heavy atom. The van der Waals surface area contributed by atoms with Gasteiger partial charge in [0.05, 0.1) is 37.6 Å². The molecule has 1 aliphatic carbocycles. The second-order valence-corrected chi connectivity index (χ2v) is 8.97. The number of halogens is 4. The van der Waals surface area contributed by atoms with Gasteiger partial charge in [-0.2, -0.15) is 0 Å². The maximum Gasteiger partial charge on any atom is 0.274 e. The second kappa shape index (κ2) is 11.3. The molecular formula is C26H23ClF3N3O5. The predicted octanol–water partition coefficient (Wildman–Crippen LogP) is 5.76. The van der Waals surface area contributed by atoms with E-state index in [1.54, 1.807) is 6.07 Å². The van der Waals surface area contributed by atoms with Crippen LogP contribution < -0.4 is 19.5 Å². The highest BCUT2D eigenvalue weighted by molar-refractivity contribution is 6.31. The number of hydrogen-bond donors (Lipinski definition) is 1. The molecule has 38 heavy (non-hydrogen) atoms. The van der Waals surface area contributed by atoms with Gasteiger partial charge in [0.2, 0.25) is 5.54 Å². The molecule has 1 aliphatic rings. The van der Waals surface area contributed by atoms with Crippen molar-refractivity contribution in [1.29, 1.82) is 0 Å². The molecule has 1 atom stereocenters. The number of carbonyl (C=O) groups excluding carboxylic acids is 1. The van der Waals surface area contributed by atoms with Crippen LogP contribution in [-0.2, 0) is 5.54 Å². The van der Waals surface area contributed by atoms with Crippen LogP contribution in [0.5, 0.6) is 17.2 Å². The summed E-state index contributed by atoms with van der Waals surface area (Å²) in [6.07, 6.45) is -1.39. The fraction of sp³-hybridized carbons (Fsp3) is 0.308. The van der Waals surface area contributed by atoms with Gasteiger partial charge in [-0.05, 0) is 66.5 Å². The molecule has 1 unspecified atom stereocenters. The average molecular weight is 550 g/mol. The SMILES string of the molecule is COc1cc(C(=O)NCC(N=O)(c2ccc(OC)c(-c3ccc(F)c(Cl)c3)n2)C(F)F)ccc1OC1CC1. The number of alkyl halides is 2. The Morgan fingerprint density at radius 3 is 2.42 bits per heavy atom. The highest BCUT2D eigenvalue weighted by atomic mass is 35.5. The van der Waals surface area contributed by atoms with Crippen LogP contribution in [0.3, 0.4) is 0 Å². The van der Waals surface area contributed by atoms with Gasteiger partial charge in [0.25, 0.3) is 12.3 Å². The number of nitrogens with one attached hydrogen (secondary N) is 1. The van der Waals surface area contributed by atoms with Gasteiger partial charge in [0, 0.05) is 11.1 Å². The molecule has 1 aromatic heterocycles. The van der Waals surface area contributed by atoms with Gasteiger partial charge >= 0.3 is 0 Å². The summed E-state index contributed by atoms with van der Waals surface area (Å²) in [5, 5.41) is 4.84. The first-order valence-electron chi connectivity index (χ1n) is 11.5. The number of benzene rings is 2. The molecular weight excluding hydrogens is 527 g/mol. The van der Waals surface area contributed by atoms with Crippen LogP contribution in [0.25, 0.3) is 11.3 Å². The summed E-state index contributed by atoms with van der Waals surface area (Å²) in [4.78, 5) is 29.0. The quantitative estimate of drug-likeness (QED) is 0.305. The molecule has 2 aromatic carbocycles. The van der Waals surface area contributed by atoms with Crippen molar-refractivity contribution in [3.05, 3.63) is 75.5 Å². The lowest BCUT2D eigenvalue weighted by molar-refractivity contribution is 0.0484. The third-order valence-corrected chi connectivity index (χ3v) is 6.29. The van der Waals surface area contributed by atoms with Crippen molar-refractivity contribution >= 4 is 17.5 Å². The molecule has 0 aliphatic heterocycles. The number of nitroso groups, excluding NO2 is 1. The Balaban J connectivity index is 1.63. The van der Waals surface area contributed by atoms with Crippen molar-refractivity contribution in [2.75, 3.05) is 20.8 Å². The molecule has 0 spiro atoms. The first-order chi connectivity index (χ1) is 18.2. The summed E-state index contributed by atoms with van der Waals surface area (Å²) < 4.78 is 58.7. The summed E-state index contributed by atoms with van der Waals surface area (Å²) in [5.74, 6) is -0.505. The zero-order chi connectivity index (χ0) is 27.4. The number of nitrogens with zero attached hydrogens (tertiary/aromatic N) is 2. The highest BCUT2D eigenvalue weighted by Gasteiger charge is 2.46. The number of pyridine rings is 1. The molecule has 3 aromatic rings. The molecule has 200 valence electrons. The molecule has 0 radical (unpaired) electrons. The van der Waals surface area contributed by atoms with E-state index >= 15 is 0 Å². The fourth-order valence-electron chi connectivity index (χ4n) is 3.69. The van der Waals surface area contributed by atoms with Gasteiger partial charge in [-0.3, -0.25) is 4.79 Å². The summed E-state index contributed by atoms with van der Waals surface area (Å²) >= 11 is 5.87. The predicted molar refractivity (Wildman–Crippen MR) is 134 cm³/mol. The van der Waals surface area contributed by atoms with E-state index in [-0.39, 0.29) is 33.7 Å². The van der Waals surface area contributed by atoms with Crippen LogP contribution in [-0.4, -0.2) is 44.2 Å². The maximum absolute atomic E-state index is 14.4. The summed E-state index contributed by atoms with van der Waals surface area (Å²) in [7, 11) is 2.75. The van der Waals surface area contributed by atoms with Crippen LogP contribution in [0.1, 0.15) is 28.9 Å². The first kappa shape index (κ1) is 27.2. The third-order valence-electron chi connectivity index (χ3n) is 6.00. The monoisotopic (exact) mass is 549 g/mol. The van der Waals surface area contributed by atoms with Crippen LogP contribution in [0, 0.1) is 10.7 Å². The van der Waals surface area contributed by atoms with Crippen molar-refractivity contribution in [2.24, 2.45) is 5.18 Å². The normalized spacial score (nSPS) is 14.5. The number of methoxy groups -OCH3 is 2. The molecule has 1 heterocycles. The Hall–Kier alpha value is -3.86. The molecule has 0 saturated heterocycles. The van der Waals surface area contributed by atoms with Gasteiger partial charge in [-0.25, -0.2) is 18.2 Å². The fourth-order valence-corrected chi connectivity index (χ4v) is 3.87. The number of aromatic nitrogens is 1. The Labute approximate surface area is 221 Å². The number of hydrogen-bond acceptors (Lipinski definition) is 7. The van der Waals surface area contributed by atoms with Crippen LogP contribution in [0.4, 0.5) is 13.2 Å². The van der Waals surface area contributed by atoms with Gasteiger partial charge < -0.3 is 19.5 Å². The third kappa shape index (κ3) is 5.52. The van der Waals surface area contributed by atoms with Crippen molar-refractivity contribution < 1.29 is 32.2 Å². The van der Waals surface area contributed by atoms with Crippen LogP contribution in [0.15, 0.2) is 53.7 Å². The van der Waals surface area contributed by atoms with E-state index in [4.69, 9.17) is 25.8 Å². The van der Waals surface area contributed by atoms with Crippen molar-refractivity contribution in [2.45, 2.75) is 30.9 Å². The smallest absolute Gasteiger partial charge is 0.274 e. The molecule has 1 fully saturated rings. The molecule has 4 rings (SSSR count). The number of carbonyl (C=O) groups is 1. The van der Waals surface area contributed by atoms with E-state index < -0.39 is 35.9 Å². The molecule has 8 nitrogen and oxygen atoms in total. The summed E-state index contributed by atoms with van der Waals surface area (Å²) in [6.45, 7) is -0.863. The lowest BCUT2D eigenvalue weighted by atomic mass is 9.94. The van der Waals surface area contributed by atoms with E-state index in [2.05, 4.69) is 15.5 Å². The molecule has 12 heteroatoms. The Kier molecular flexibility index (Phi) is 8.05. The van der Waals surface area contributed by atoms with Gasteiger partial charge in [-0.15, -0.1) is 4.91 Å². The maximum atomic E-state index is 14.4. The van der Waals surface area contributed by atoms with Gasteiger partial charge in [-0.1, -0.05) is 11.6 Å². The van der Waals surface area contributed by atoms with Crippen molar-refractivity contribution in [3.8, 4) is 28.5 Å². The molecule has 1 amide bonds. The lowest BCUT2D eigenvalue weighted by Gasteiger charge is -2.26. The van der Waals surface area contributed by atoms with Crippen molar-refractivity contribution in [1.82, 2.24) is 10.3 Å². The zero-order valence-corrected chi connectivity index (χ0v) is 21.1. The molecule has 1 saturated carbocycles. The lowest BCUT2D eigenvalue weighted by Crippen LogP contribution is -2.45. The largest absolute Gasteiger partial charge is 0.494 e. The molecule has 1 N–H and O–H groups in total. The number of amides is 1. The van der Waals surface area contributed by atoms with Crippen LogP contribution >= 0.6 is 11.6 Å². The minimum absolute atomic E-state index is 0.0305. The number of rotatable bonds is 11. The summed E-state index contributed by atoms with van der Waals surface area (Å²) in [5.41, 5.74) is -2.77. The molecule has 0 bridgehead atoms. The second-order valence-electron chi connectivity index (χ2n) is 8.56. The average Bonchev–Trinajstić information content (AvgIpc) is 3.74.